The third-order valence-electron chi connectivity index (χ3n) is 6.48. The van der Waals surface area contributed by atoms with Crippen LogP contribution in [0.5, 0.6) is 0 Å². The Bertz CT molecular complexity index is 1590. The van der Waals surface area contributed by atoms with Crippen molar-refractivity contribution in [3.8, 4) is 16.8 Å². The van der Waals surface area contributed by atoms with Gasteiger partial charge in [0.2, 0.25) is 5.95 Å². The van der Waals surface area contributed by atoms with Gasteiger partial charge in [-0.3, -0.25) is 9.79 Å². The molecule has 174 valence electrons. The smallest absolute Gasteiger partial charge is 0.251 e. The summed E-state index contributed by atoms with van der Waals surface area (Å²) in [5, 5.41) is 12.0. The summed E-state index contributed by atoms with van der Waals surface area (Å²) in [7, 11) is 0. The summed E-state index contributed by atoms with van der Waals surface area (Å²) >= 11 is 6.28. The first-order chi connectivity index (χ1) is 17.0. The fourth-order valence-corrected chi connectivity index (χ4v) is 5.03. The summed E-state index contributed by atoms with van der Waals surface area (Å²) in [6.07, 6.45) is 5.15. The molecule has 0 fully saturated rings. The summed E-state index contributed by atoms with van der Waals surface area (Å²) in [5.74, 6) is -0.499. The van der Waals surface area contributed by atoms with E-state index in [4.69, 9.17) is 11.6 Å². The van der Waals surface area contributed by atoms with Crippen LogP contribution in [0.3, 0.4) is 0 Å². The molecule has 1 atom stereocenters. The maximum atomic E-state index is 14.4. The summed E-state index contributed by atoms with van der Waals surface area (Å²) in [5.41, 5.74) is 5.72. The van der Waals surface area contributed by atoms with Crippen LogP contribution in [-0.2, 0) is 6.42 Å². The van der Waals surface area contributed by atoms with E-state index >= 15 is 0 Å². The summed E-state index contributed by atoms with van der Waals surface area (Å²) in [4.78, 5) is 21.8. The largest absolute Gasteiger partial charge is 0.304 e. The molecule has 2 aliphatic heterocycles. The minimum Gasteiger partial charge on any atom is -0.304 e. The minimum absolute atomic E-state index is 0.123. The Morgan fingerprint density at radius 2 is 2.00 bits per heavy atom. The van der Waals surface area contributed by atoms with Gasteiger partial charge in [-0.1, -0.05) is 11.6 Å². The molecule has 0 aliphatic carbocycles. The SMILES string of the molecule is Cc1ccc(C2=CN=C([C@@H]3CCc4cc(-c5cc(Cl)ccc5-n5cnnn5)cc(=O)n43)C2)c(F)n1. The van der Waals surface area contributed by atoms with Crippen molar-refractivity contribution in [3.63, 3.8) is 0 Å². The molecule has 3 aromatic heterocycles. The molecule has 8 nitrogen and oxygen atoms in total. The van der Waals surface area contributed by atoms with Crippen molar-refractivity contribution in [2.75, 3.05) is 0 Å². The van der Waals surface area contributed by atoms with Crippen LogP contribution in [0.1, 0.15) is 35.8 Å². The second-order valence-corrected chi connectivity index (χ2v) is 9.09. The first kappa shape index (κ1) is 21.5. The molecule has 10 heteroatoms. The number of fused-ring (bicyclic) bond motifs is 1. The summed E-state index contributed by atoms with van der Waals surface area (Å²) in [6.45, 7) is 1.75. The van der Waals surface area contributed by atoms with Crippen LogP contribution in [0.25, 0.3) is 22.4 Å². The fraction of sp³-hybridized carbons (Fsp3) is 0.200. The molecule has 0 bridgehead atoms. The van der Waals surface area contributed by atoms with E-state index in [1.54, 1.807) is 52.7 Å². The molecule has 0 saturated heterocycles. The highest BCUT2D eigenvalue weighted by atomic mass is 35.5. The number of aryl methyl sites for hydroxylation is 2. The maximum Gasteiger partial charge on any atom is 0.251 e. The molecule has 1 aromatic carbocycles. The van der Waals surface area contributed by atoms with Crippen molar-refractivity contribution in [1.29, 1.82) is 0 Å². The number of tetrazole rings is 1. The average molecular weight is 488 g/mol. The average Bonchev–Trinajstić information content (AvgIpc) is 3.59. The molecular formula is C25H19ClFN7O. The molecule has 0 spiro atoms. The molecule has 0 amide bonds. The van der Waals surface area contributed by atoms with Gasteiger partial charge >= 0.3 is 0 Å². The van der Waals surface area contributed by atoms with Crippen molar-refractivity contribution in [2.45, 2.75) is 32.2 Å². The molecule has 2 aliphatic rings. The highest BCUT2D eigenvalue weighted by molar-refractivity contribution is 6.31. The lowest BCUT2D eigenvalue weighted by molar-refractivity contribution is 0.576. The van der Waals surface area contributed by atoms with E-state index < -0.39 is 5.95 Å². The zero-order chi connectivity index (χ0) is 24.1. The van der Waals surface area contributed by atoms with Crippen LogP contribution < -0.4 is 5.56 Å². The number of rotatable bonds is 4. The van der Waals surface area contributed by atoms with Crippen molar-refractivity contribution >= 4 is 22.9 Å². The van der Waals surface area contributed by atoms with Crippen LogP contribution >= 0.6 is 11.6 Å². The Balaban J connectivity index is 1.33. The monoisotopic (exact) mass is 487 g/mol. The van der Waals surface area contributed by atoms with Crippen molar-refractivity contribution in [2.24, 2.45) is 4.99 Å². The number of hydrogen-bond acceptors (Lipinski definition) is 6. The van der Waals surface area contributed by atoms with Gasteiger partial charge in [0.1, 0.15) is 6.33 Å². The van der Waals surface area contributed by atoms with E-state index in [1.165, 1.54) is 6.33 Å². The first-order valence-corrected chi connectivity index (χ1v) is 11.5. The third-order valence-corrected chi connectivity index (χ3v) is 6.71. The Morgan fingerprint density at radius 3 is 2.80 bits per heavy atom. The first-order valence-electron chi connectivity index (χ1n) is 11.2. The van der Waals surface area contributed by atoms with Gasteiger partial charge < -0.3 is 4.57 Å². The molecule has 0 unspecified atom stereocenters. The van der Waals surface area contributed by atoms with E-state index in [-0.39, 0.29) is 11.6 Å². The molecule has 6 rings (SSSR count). The Kier molecular flexibility index (Phi) is 5.14. The van der Waals surface area contributed by atoms with E-state index in [9.17, 15) is 9.18 Å². The summed E-state index contributed by atoms with van der Waals surface area (Å²) in [6, 6.07) is 12.3. The van der Waals surface area contributed by atoms with Gasteiger partial charge in [-0.15, -0.1) is 5.10 Å². The van der Waals surface area contributed by atoms with Gasteiger partial charge in [0, 0.05) is 51.9 Å². The molecule has 4 aromatic rings. The number of halogens is 2. The minimum atomic E-state index is -0.499. The topological polar surface area (TPSA) is 90.9 Å². The number of hydrogen-bond donors (Lipinski definition) is 0. The van der Waals surface area contributed by atoms with Gasteiger partial charge in [0.05, 0.1) is 11.7 Å². The van der Waals surface area contributed by atoms with Crippen LogP contribution in [-0.4, -0.2) is 35.5 Å². The van der Waals surface area contributed by atoms with E-state index in [2.05, 4.69) is 25.5 Å². The standard InChI is InChI=1S/C25H19ClFN7O/c1-14-2-5-19(25(27)30-14)16-9-21(28-12-16)23-7-4-18-8-15(10-24(35)34(18)23)20-11-17(26)3-6-22(20)33-13-29-31-32-33/h2-3,5-6,8,10-13,23H,4,7,9H2,1H3/t23-/m0/s1. The predicted octanol–water partition coefficient (Wildman–Crippen LogP) is 4.36. The van der Waals surface area contributed by atoms with Gasteiger partial charge in [0.25, 0.3) is 5.56 Å². The number of aliphatic imine (C=N–C) groups is 1. The molecule has 0 saturated carbocycles. The lowest BCUT2D eigenvalue weighted by Crippen LogP contribution is -2.27. The molecular weight excluding hydrogens is 469 g/mol. The number of allylic oxidation sites excluding steroid dienone is 1. The zero-order valence-corrected chi connectivity index (χ0v) is 19.4. The van der Waals surface area contributed by atoms with Gasteiger partial charge in [0.15, 0.2) is 0 Å². The second kappa shape index (κ2) is 8.35. The molecule has 0 N–H and O–H groups in total. The predicted molar refractivity (Wildman–Crippen MR) is 130 cm³/mol. The van der Waals surface area contributed by atoms with Crippen LogP contribution in [0.15, 0.2) is 64.8 Å². The van der Waals surface area contributed by atoms with E-state index in [0.717, 1.165) is 46.6 Å². The lowest BCUT2D eigenvalue weighted by atomic mass is 9.99. The quantitative estimate of drug-likeness (QED) is 0.399. The molecule has 35 heavy (non-hydrogen) atoms. The Labute approximate surface area is 204 Å². The van der Waals surface area contributed by atoms with Crippen molar-refractivity contribution in [1.82, 2.24) is 29.8 Å². The lowest BCUT2D eigenvalue weighted by Gasteiger charge is -2.17. The highest BCUT2D eigenvalue weighted by Gasteiger charge is 2.31. The van der Waals surface area contributed by atoms with Crippen LogP contribution in [0.4, 0.5) is 4.39 Å². The van der Waals surface area contributed by atoms with Crippen molar-refractivity contribution < 1.29 is 4.39 Å². The van der Waals surface area contributed by atoms with Gasteiger partial charge in [-0.2, -0.15) is 9.07 Å². The second-order valence-electron chi connectivity index (χ2n) is 8.66. The molecule has 5 heterocycles. The van der Waals surface area contributed by atoms with E-state index in [1.807, 2.05) is 12.1 Å². The number of nitrogens with zero attached hydrogens (tertiary/aromatic N) is 7. The molecule has 0 radical (unpaired) electrons. The highest BCUT2D eigenvalue weighted by Crippen LogP contribution is 2.36. The van der Waals surface area contributed by atoms with E-state index in [0.29, 0.717) is 22.7 Å². The number of aromatic nitrogens is 6. The fourth-order valence-electron chi connectivity index (χ4n) is 4.86. The number of pyridine rings is 2. The van der Waals surface area contributed by atoms with Crippen LogP contribution in [0.2, 0.25) is 5.02 Å². The van der Waals surface area contributed by atoms with Gasteiger partial charge in [-0.25, -0.2) is 4.98 Å². The van der Waals surface area contributed by atoms with Gasteiger partial charge in [-0.05, 0) is 77.7 Å². The van der Waals surface area contributed by atoms with Crippen LogP contribution in [0, 0.1) is 12.9 Å². The Morgan fingerprint density at radius 1 is 1.11 bits per heavy atom. The third kappa shape index (κ3) is 3.77. The van der Waals surface area contributed by atoms with Crippen molar-refractivity contribution in [3.05, 3.63) is 93.3 Å². The number of benzene rings is 1. The normalized spacial score (nSPS) is 16.8. The zero-order valence-electron chi connectivity index (χ0n) is 18.7. The Hall–Kier alpha value is -3.98. The summed E-state index contributed by atoms with van der Waals surface area (Å²) < 4.78 is 17.7. The maximum absolute atomic E-state index is 14.4.